The van der Waals surface area contributed by atoms with Crippen LogP contribution in [0.4, 0.5) is 0 Å². The number of hydrogen-bond donors (Lipinski definition) is 3. The lowest BCUT2D eigenvalue weighted by atomic mass is 9.41. The summed E-state index contributed by atoms with van der Waals surface area (Å²) in [4.78, 5) is 12.4. The molecule has 4 saturated carbocycles. The van der Waals surface area contributed by atoms with Crippen LogP contribution in [0.5, 0.6) is 0 Å². The number of rotatable bonds is 7. The van der Waals surface area contributed by atoms with Crippen LogP contribution >= 0.6 is 0 Å². The first kappa shape index (κ1) is 28.4. The Balaban J connectivity index is 1.49. The van der Waals surface area contributed by atoms with Crippen molar-refractivity contribution in [2.24, 2.45) is 52.3 Å². The van der Waals surface area contributed by atoms with Crippen LogP contribution < -0.4 is 4.72 Å². The normalized spacial score (nSPS) is 45.5. The molecule has 4 unspecified atom stereocenters. The Morgan fingerprint density at radius 3 is 2.25 bits per heavy atom. The van der Waals surface area contributed by atoms with E-state index >= 15 is 0 Å². The van der Waals surface area contributed by atoms with E-state index in [-0.39, 0.29) is 35.4 Å². The first-order valence-corrected chi connectivity index (χ1v) is 16.2. The van der Waals surface area contributed by atoms with Crippen molar-refractivity contribution in [3.05, 3.63) is 0 Å². The Morgan fingerprint density at radius 2 is 1.61 bits per heavy atom. The molecule has 4 aliphatic carbocycles. The van der Waals surface area contributed by atoms with E-state index in [0.29, 0.717) is 41.9 Å². The second-order valence-electron chi connectivity index (χ2n) is 13.8. The van der Waals surface area contributed by atoms with Gasteiger partial charge < -0.3 is 10.2 Å². The third-order valence-electron chi connectivity index (χ3n) is 11.9. The van der Waals surface area contributed by atoms with Crippen molar-refractivity contribution < 1.29 is 23.4 Å². The maximum absolute atomic E-state index is 12.4. The summed E-state index contributed by atoms with van der Waals surface area (Å²) in [5.41, 5.74) is 0.354. The van der Waals surface area contributed by atoms with Crippen LogP contribution in [0.1, 0.15) is 106 Å². The summed E-state index contributed by atoms with van der Waals surface area (Å²) in [6.45, 7) is 12.5. The van der Waals surface area contributed by atoms with E-state index in [4.69, 9.17) is 0 Å². The van der Waals surface area contributed by atoms with Crippen molar-refractivity contribution in [1.29, 1.82) is 0 Å². The SMILES string of the molecule is CC[C@@H]1C2C[C@H](O)CCC2(C)[C@H]2CCC3(C)C([C@H](C)CCC(=O)NS(=O)(=O)C(C)C)CC[C@H]3[C@@H]2[C@@H]1O. The first-order valence-electron chi connectivity index (χ1n) is 14.7. The molecule has 0 spiro atoms. The van der Waals surface area contributed by atoms with Crippen LogP contribution in [0, 0.1) is 52.3 Å². The number of hydrogen-bond acceptors (Lipinski definition) is 5. The Labute approximate surface area is 219 Å². The highest BCUT2D eigenvalue weighted by molar-refractivity contribution is 7.90. The van der Waals surface area contributed by atoms with Crippen molar-refractivity contribution in [3.8, 4) is 0 Å². The topological polar surface area (TPSA) is 104 Å². The summed E-state index contributed by atoms with van der Waals surface area (Å²) in [7, 11) is -3.58. The molecular weight excluding hydrogens is 474 g/mol. The van der Waals surface area contributed by atoms with Crippen LogP contribution in [0.3, 0.4) is 0 Å². The molecule has 4 fully saturated rings. The third-order valence-corrected chi connectivity index (χ3v) is 13.6. The third kappa shape index (κ3) is 4.68. The summed E-state index contributed by atoms with van der Waals surface area (Å²) >= 11 is 0. The molecule has 0 aromatic heterocycles. The summed E-state index contributed by atoms with van der Waals surface area (Å²) in [6.07, 6.45) is 8.74. The molecule has 3 N–H and O–H groups in total. The number of sulfonamides is 1. The van der Waals surface area contributed by atoms with E-state index in [1.54, 1.807) is 13.8 Å². The van der Waals surface area contributed by atoms with Crippen molar-refractivity contribution in [2.45, 2.75) is 123 Å². The molecule has 0 bridgehead atoms. The Bertz CT molecular complexity index is 921. The standard InChI is InChI=1S/C29H51NO5S/c1-7-20-24-16-19(31)12-14-29(24,6)23-13-15-28(5)21(9-10-22(28)26(23)27(20)33)18(4)8-11-25(32)30-36(34,35)17(2)3/h17-24,26-27,31,33H,7-16H2,1-6H3,(H,30,32)/t18-,19-,20-,21?,22+,23+,24?,26+,27-,28?,29?/m1/s1. The fourth-order valence-corrected chi connectivity index (χ4v) is 10.5. The number of aliphatic hydroxyl groups is 2. The fraction of sp³-hybridized carbons (Fsp3) is 0.966. The Morgan fingerprint density at radius 1 is 0.972 bits per heavy atom. The molecule has 0 heterocycles. The zero-order valence-electron chi connectivity index (χ0n) is 23.4. The molecule has 4 rings (SSSR count). The average Bonchev–Trinajstić information content (AvgIpc) is 3.15. The largest absolute Gasteiger partial charge is 0.393 e. The molecule has 36 heavy (non-hydrogen) atoms. The van der Waals surface area contributed by atoms with Gasteiger partial charge in [0.2, 0.25) is 15.9 Å². The molecule has 11 atom stereocenters. The van der Waals surface area contributed by atoms with Crippen molar-refractivity contribution in [3.63, 3.8) is 0 Å². The highest BCUT2D eigenvalue weighted by Gasteiger charge is 2.64. The lowest BCUT2D eigenvalue weighted by molar-refractivity contribution is -0.203. The van der Waals surface area contributed by atoms with Gasteiger partial charge in [-0.1, -0.05) is 34.1 Å². The Hall–Kier alpha value is -0.660. The predicted molar refractivity (Wildman–Crippen MR) is 142 cm³/mol. The maximum atomic E-state index is 12.4. The summed E-state index contributed by atoms with van der Waals surface area (Å²) in [6, 6.07) is 0. The van der Waals surface area contributed by atoms with Crippen LogP contribution in [-0.4, -0.2) is 42.0 Å². The molecule has 0 aromatic rings. The van der Waals surface area contributed by atoms with Crippen LogP contribution in [-0.2, 0) is 14.8 Å². The lowest BCUT2D eigenvalue weighted by Crippen LogP contribution is -2.62. The summed E-state index contributed by atoms with van der Waals surface area (Å²) < 4.78 is 26.4. The van der Waals surface area contributed by atoms with Crippen molar-refractivity contribution >= 4 is 15.9 Å². The molecule has 0 aromatic carbocycles. The van der Waals surface area contributed by atoms with Gasteiger partial charge in [-0.25, -0.2) is 8.42 Å². The van der Waals surface area contributed by atoms with E-state index in [1.807, 2.05) is 0 Å². The molecule has 1 amide bonds. The van der Waals surface area contributed by atoms with Gasteiger partial charge in [-0.15, -0.1) is 0 Å². The minimum atomic E-state index is -3.58. The average molecular weight is 526 g/mol. The van der Waals surface area contributed by atoms with Gasteiger partial charge in [0.1, 0.15) is 0 Å². The van der Waals surface area contributed by atoms with Gasteiger partial charge in [-0.2, -0.15) is 0 Å². The van der Waals surface area contributed by atoms with Gasteiger partial charge in [-0.3, -0.25) is 9.52 Å². The number of aliphatic hydroxyl groups excluding tert-OH is 2. The summed E-state index contributed by atoms with van der Waals surface area (Å²) in [5, 5.41) is 21.7. The lowest BCUT2D eigenvalue weighted by Gasteiger charge is -2.64. The molecule has 208 valence electrons. The van der Waals surface area contributed by atoms with Gasteiger partial charge in [0.05, 0.1) is 17.5 Å². The zero-order chi connectivity index (χ0) is 26.6. The van der Waals surface area contributed by atoms with Gasteiger partial charge in [0.15, 0.2) is 0 Å². The highest BCUT2D eigenvalue weighted by Crippen LogP contribution is 2.69. The molecule has 0 radical (unpaired) electrons. The maximum Gasteiger partial charge on any atom is 0.237 e. The number of carbonyl (C=O) groups excluding carboxylic acids is 1. The number of fused-ring (bicyclic) bond motifs is 5. The smallest absolute Gasteiger partial charge is 0.237 e. The van der Waals surface area contributed by atoms with Crippen LogP contribution in [0.2, 0.25) is 0 Å². The first-order chi connectivity index (χ1) is 16.8. The van der Waals surface area contributed by atoms with E-state index < -0.39 is 21.2 Å². The zero-order valence-corrected chi connectivity index (χ0v) is 24.2. The monoisotopic (exact) mass is 525 g/mol. The quantitative estimate of drug-likeness (QED) is 0.439. The molecule has 0 aliphatic heterocycles. The molecule has 0 saturated heterocycles. The van der Waals surface area contributed by atoms with E-state index in [1.165, 1.54) is 0 Å². The number of nitrogens with one attached hydrogen (secondary N) is 1. The van der Waals surface area contributed by atoms with Crippen LogP contribution in [0.25, 0.3) is 0 Å². The minimum Gasteiger partial charge on any atom is -0.393 e. The highest BCUT2D eigenvalue weighted by atomic mass is 32.2. The molecular formula is C29H51NO5S. The number of carbonyl (C=O) groups is 1. The number of amides is 1. The van der Waals surface area contributed by atoms with Gasteiger partial charge >= 0.3 is 0 Å². The second kappa shape index (κ2) is 10.1. The van der Waals surface area contributed by atoms with Gasteiger partial charge in [-0.05, 0) is 117 Å². The van der Waals surface area contributed by atoms with Gasteiger partial charge in [0, 0.05) is 6.42 Å². The van der Waals surface area contributed by atoms with Gasteiger partial charge in [0.25, 0.3) is 0 Å². The van der Waals surface area contributed by atoms with E-state index in [2.05, 4.69) is 32.4 Å². The second-order valence-corrected chi connectivity index (χ2v) is 16.0. The minimum absolute atomic E-state index is 0.151. The van der Waals surface area contributed by atoms with Crippen molar-refractivity contribution in [1.82, 2.24) is 4.72 Å². The Kier molecular flexibility index (Phi) is 7.99. The molecule has 7 heteroatoms. The molecule has 4 aliphatic rings. The predicted octanol–water partition coefficient (Wildman–Crippen LogP) is 4.88. The van der Waals surface area contributed by atoms with E-state index in [9.17, 15) is 23.4 Å². The molecule has 6 nitrogen and oxygen atoms in total. The fourth-order valence-electron chi connectivity index (χ4n) is 9.82. The summed E-state index contributed by atoms with van der Waals surface area (Å²) in [5.74, 6) is 2.43. The van der Waals surface area contributed by atoms with E-state index in [0.717, 1.165) is 51.4 Å². The van der Waals surface area contributed by atoms with Crippen LogP contribution in [0.15, 0.2) is 0 Å². The van der Waals surface area contributed by atoms with Crippen molar-refractivity contribution in [2.75, 3.05) is 0 Å².